The summed E-state index contributed by atoms with van der Waals surface area (Å²) in [6.07, 6.45) is 5.51. The van der Waals surface area contributed by atoms with E-state index in [4.69, 9.17) is 0 Å². The molecule has 1 aliphatic carbocycles. The number of hydrogen-bond donors (Lipinski definition) is 1. The summed E-state index contributed by atoms with van der Waals surface area (Å²) < 4.78 is 28.8. The van der Waals surface area contributed by atoms with E-state index in [1.807, 2.05) is 0 Å². The molecule has 2 heterocycles. The van der Waals surface area contributed by atoms with Crippen LogP contribution in [0.5, 0.6) is 0 Å². The zero-order valence-corrected chi connectivity index (χ0v) is 13.8. The molecule has 0 aliphatic heterocycles. The predicted octanol–water partition coefficient (Wildman–Crippen LogP) is 3.35. The Labute approximate surface area is 148 Å². The second-order valence-corrected chi connectivity index (χ2v) is 6.19. The van der Waals surface area contributed by atoms with Crippen molar-refractivity contribution in [1.29, 1.82) is 0 Å². The largest absolute Gasteiger partial charge is 0.344 e. The molecule has 1 aliphatic rings. The van der Waals surface area contributed by atoms with E-state index < -0.39 is 11.6 Å². The lowest BCUT2D eigenvalue weighted by Crippen LogP contribution is -2.31. The van der Waals surface area contributed by atoms with Gasteiger partial charge in [-0.2, -0.15) is 5.10 Å². The molecule has 26 heavy (non-hydrogen) atoms. The van der Waals surface area contributed by atoms with Crippen molar-refractivity contribution < 1.29 is 13.6 Å². The van der Waals surface area contributed by atoms with Gasteiger partial charge in [-0.05, 0) is 43.5 Å². The Kier molecular flexibility index (Phi) is 4.20. The highest BCUT2D eigenvalue weighted by Gasteiger charge is 2.27. The number of carbonyl (C=O) groups is 1. The molecule has 0 fully saturated rings. The molecule has 132 valence electrons. The Balaban J connectivity index is 1.64. The maximum atomic E-state index is 14.1. The van der Waals surface area contributed by atoms with Crippen molar-refractivity contribution in [3.05, 3.63) is 77.4 Å². The van der Waals surface area contributed by atoms with Gasteiger partial charge < -0.3 is 5.32 Å². The third-order valence-electron chi connectivity index (χ3n) is 4.52. The fourth-order valence-electron chi connectivity index (χ4n) is 3.30. The number of carbonyl (C=O) groups excluding carboxylic acids is 1. The van der Waals surface area contributed by atoms with Gasteiger partial charge in [0.25, 0.3) is 5.91 Å². The summed E-state index contributed by atoms with van der Waals surface area (Å²) in [4.78, 5) is 16.4. The maximum Gasteiger partial charge on any atom is 0.270 e. The minimum absolute atomic E-state index is 0.198. The molecular weight excluding hydrogens is 338 g/mol. The van der Waals surface area contributed by atoms with Crippen molar-refractivity contribution in [2.24, 2.45) is 0 Å². The van der Waals surface area contributed by atoms with Crippen LogP contribution in [0, 0.1) is 11.6 Å². The van der Waals surface area contributed by atoms with Crippen LogP contribution in [0.1, 0.15) is 40.6 Å². The number of halogens is 2. The first-order valence-electron chi connectivity index (χ1n) is 8.37. The number of nitrogens with one attached hydrogen (secondary N) is 1. The smallest absolute Gasteiger partial charge is 0.270 e. The van der Waals surface area contributed by atoms with E-state index in [9.17, 15) is 13.6 Å². The van der Waals surface area contributed by atoms with Crippen LogP contribution < -0.4 is 5.32 Å². The minimum atomic E-state index is -0.671. The van der Waals surface area contributed by atoms with Crippen molar-refractivity contribution in [3.8, 4) is 5.69 Å². The summed E-state index contributed by atoms with van der Waals surface area (Å²) in [5, 5.41) is 7.25. The van der Waals surface area contributed by atoms with Crippen LogP contribution in [0.4, 0.5) is 8.78 Å². The van der Waals surface area contributed by atoms with Crippen LogP contribution >= 0.6 is 0 Å². The van der Waals surface area contributed by atoms with Gasteiger partial charge in [0.05, 0.1) is 12.2 Å². The van der Waals surface area contributed by atoms with Crippen molar-refractivity contribution in [2.45, 2.75) is 25.3 Å². The number of fused-ring (bicyclic) bond motifs is 1. The van der Waals surface area contributed by atoms with Crippen LogP contribution in [0.2, 0.25) is 0 Å². The molecule has 0 unspecified atom stereocenters. The number of aromatic nitrogens is 3. The van der Waals surface area contributed by atoms with Gasteiger partial charge in [-0.15, -0.1) is 0 Å². The monoisotopic (exact) mass is 354 g/mol. The number of benzene rings is 1. The average Bonchev–Trinajstić information content (AvgIpc) is 3.07. The summed E-state index contributed by atoms with van der Waals surface area (Å²) in [5.74, 6) is -1.56. The van der Waals surface area contributed by atoms with Gasteiger partial charge >= 0.3 is 0 Å². The topological polar surface area (TPSA) is 59.8 Å². The Morgan fingerprint density at radius 2 is 2.12 bits per heavy atom. The molecular formula is C19H16F2N4O. The van der Waals surface area contributed by atoms with Gasteiger partial charge in [0.1, 0.15) is 17.2 Å². The van der Waals surface area contributed by atoms with E-state index in [-0.39, 0.29) is 17.6 Å². The zero-order chi connectivity index (χ0) is 18.1. The zero-order valence-electron chi connectivity index (χ0n) is 13.8. The van der Waals surface area contributed by atoms with Gasteiger partial charge in [-0.25, -0.2) is 13.5 Å². The lowest BCUT2D eigenvalue weighted by Gasteiger charge is -2.24. The standard InChI is InChI=1S/C19H16F2N4O/c20-12-7-8-18(14(21)10-12)25-17-6-3-5-15(13(17)11-23-25)24-19(26)16-4-1-2-9-22-16/h1-2,4,7-11,15H,3,5-6H2,(H,24,26)/t15-/m0/s1. The summed E-state index contributed by atoms with van der Waals surface area (Å²) in [7, 11) is 0. The minimum Gasteiger partial charge on any atom is -0.344 e. The first-order chi connectivity index (χ1) is 12.6. The highest BCUT2D eigenvalue weighted by molar-refractivity contribution is 5.92. The van der Waals surface area contributed by atoms with Crippen molar-refractivity contribution in [3.63, 3.8) is 0 Å². The normalized spacial score (nSPS) is 16.2. The van der Waals surface area contributed by atoms with E-state index in [0.717, 1.165) is 30.2 Å². The molecule has 7 heteroatoms. The highest BCUT2D eigenvalue weighted by Crippen LogP contribution is 2.31. The molecule has 1 N–H and O–H groups in total. The molecule has 0 spiro atoms. The number of hydrogen-bond acceptors (Lipinski definition) is 3. The summed E-state index contributed by atoms with van der Waals surface area (Å²) >= 11 is 0. The van der Waals surface area contributed by atoms with Crippen molar-refractivity contribution in [2.75, 3.05) is 0 Å². The molecule has 0 bridgehead atoms. The predicted molar refractivity (Wildman–Crippen MR) is 90.9 cm³/mol. The molecule has 0 radical (unpaired) electrons. The fraction of sp³-hybridized carbons (Fsp3) is 0.211. The molecule has 2 aromatic heterocycles. The van der Waals surface area contributed by atoms with E-state index >= 15 is 0 Å². The second-order valence-electron chi connectivity index (χ2n) is 6.19. The van der Waals surface area contributed by atoms with E-state index in [2.05, 4.69) is 15.4 Å². The molecule has 3 aromatic rings. The number of amides is 1. The third-order valence-corrected chi connectivity index (χ3v) is 4.52. The highest BCUT2D eigenvalue weighted by atomic mass is 19.1. The van der Waals surface area contributed by atoms with Gasteiger partial charge in [-0.3, -0.25) is 9.78 Å². The van der Waals surface area contributed by atoms with Crippen LogP contribution in [0.3, 0.4) is 0 Å². The molecule has 4 rings (SSSR count). The second kappa shape index (κ2) is 6.67. The maximum absolute atomic E-state index is 14.1. The van der Waals surface area contributed by atoms with E-state index in [1.54, 1.807) is 30.6 Å². The van der Waals surface area contributed by atoms with Gasteiger partial charge in [0, 0.05) is 23.5 Å². The molecule has 5 nitrogen and oxygen atoms in total. The van der Waals surface area contributed by atoms with Crippen LogP contribution in [-0.4, -0.2) is 20.7 Å². The van der Waals surface area contributed by atoms with Gasteiger partial charge in [-0.1, -0.05) is 6.07 Å². The first kappa shape index (κ1) is 16.4. The Hall–Kier alpha value is -3.09. The van der Waals surface area contributed by atoms with Gasteiger partial charge in [0.2, 0.25) is 0 Å². The number of pyridine rings is 1. The SMILES string of the molecule is O=C(N[C@H]1CCCc2c1cnn2-c1ccc(F)cc1F)c1ccccn1. The quantitative estimate of drug-likeness (QED) is 0.785. The first-order valence-corrected chi connectivity index (χ1v) is 8.37. The van der Waals surface area contributed by atoms with Crippen LogP contribution in [0.15, 0.2) is 48.8 Å². The van der Waals surface area contributed by atoms with Crippen LogP contribution in [-0.2, 0) is 6.42 Å². The Morgan fingerprint density at radius 1 is 1.23 bits per heavy atom. The molecule has 1 aromatic carbocycles. The lowest BCUT2D eigenvalue weighted by molar-refractivity contribution is 0.0927. The average molecular weight is 354 g/mol. The number of rotatable bonds is 3. The van der Waals surface area contributed by atoms with E-state index in [0.29, 0.717) is 12.1 Å². The summed E-state index contributed by atoms with van der Waals surface area (Å²) in [6, 6.07) is 8.35. The summed E-state index contributed by atoms with van der Waals surface area (Å²) in [5.41, 5.74) is 2.22. The van der Waals surface area contributed by atoms with Crippen LogP contribution in [0.25, 0.3) is 5.69 Å². The lowest BCUT2D eigenvalue weighted by atomic mass is 9.92. The number of nitrogens with zero attached hydrogens (tertiary/aromatic N) is 3. The molecule has 1 amide bonds. The van der Waals surface area contributed by atoms with Gasteiger partial charge in [0.15, 0.2) is 5.82 Å². The van der Waals surface area contributed by atoms with Crippen molar-refractivity contribution >= 4 is 5.91 Å². The summed E-state index contributed by atoms with van der Waals surface area (Å²) in [6.45, 7) is 0. The van der Waals surface area contributed by atoms with E-state index in [1.165, 1.54) is 16.8 Å². The third kappa shape index (κ3) is 2.96. The molecule has 1 atom stereocenters. The van der Waals surface area contributed by atoms with Crippen molar-refractivity contribution in [1.82, 2.24) is 20.1 Å². The molecule has 0 saturated carbocycles. The Bertz CT molecular complexity index is 955. The Morgan fingerprint density at radius 3 is 2.88 bits per heavy atom. The fourth-order valence-corrected chi connectivity index (χ4v) is 3.30. The molecule has 0 saturated heterocycles.